The maximum absolute atomic E-state index is 12.8. The molecule has 2 N–H and O–H groups in total. The molecule has 0 aliphatic heterocycles. The zero-order chi connectivity index (χ0) is 17.1. The predicted octanol–water partition coefficient (Wildman–Crippen LogP) is 3.12. The number of aliphatic hydroxyl groups is 1. The van der Waals surface area contributed by atoms with E-state index in [0.717, 1.165) is 12.1 Å². The van der Waals surface area contributed by atoms with E-state index in [2.05, 4.69) is 5.32 Å². The number of nitrogens with one attached hydrogen (secondary N) is 1. The molecule has 2 atom stereocenters. The zero-order valence-electron chi connectivity index (χ0n) is 13.2. The summed E-state index contributed by atoms with van der Waals surface area (Å²) in [7, 11) is 0. The highest BCUT2D eigenvalue weighted by molar-refractivity contribution is 5.87. The Morgan fingerprint density at radius 2 is 1.77 bits per heavy atom. The SMILES string of the molecule is CC(CO)C(C)NC(=O)C(C)(C)c1cccc(C(F)(F)F)c1. The van der Waals surface area contributed by atoms with Crippen LogP contribution in [0.3, 0.4) is 0 Å². The van der Waals surface area contributed by atoms with E-state index in [-0.39, 0.29) is 24.5 Å². The van der Waals surface area contributed by atoms with Crippen molar-refractivity contribution in [1.82, 2.24) is 5.32 Å². The first kappa shape index (κ1) is 18.5. The molecule has 0 saturated carbocycles. The molecular weight excluding hydrogens is 295 g/mol. The smallest absolute Gasteiger partial charge is 0.396 e. The van der Waals surface area contributed by atoms with Crippen LogP contribution < -0.4 is 5.32 Å². The Morgan fingerprint density at radius 1 is 1.23 bits per heavy atom. The number of alkyl halides is 3. The van der Waals surface area contributed by atoms with Crippen LogP contribution in [0, 0.1) is 5.92 Å². The van der Waals surface area contributed by atoms with E-state index in [1.807, 2.05) is 0 Å². The van der Waals surface area contributed by atoms with Crippen LogP contribution in [0.4, 0.5) is 13.2 Å². The molecule has 0 aliphatic rings. The predicted molar refractivity (Wildman–Crippen MR) is 78.3 cm³/mol. The highest BCUT2D eigenvalue weighted by Gasteiger charge is 2.35. The van der Waals surface area contributed by atoms with E-state index in [0.29, 0.717) is 5.56 Å². The maximum atomic E-state index is 12.8. The van der Waals surface area contributed by atoms with Crippen molar-refractivity contribution in [3.05, 3.63) is 35.4 Å². The first-order chi connectivity index (χ1) is 10.00. The minimum absolute atomic E-state index is 0.0779. The first-order valence-electron chi connectivity index (χ1n) is 7.09. The summed E-state index contributed by atoms with van der Waals surface area (Å²) >= 11 is 0. The van der Waals surface area contributed by atoms with Crippen LogP contribution in [0.1, 0.15) is 38.8 Å². The Kier molecular flexibility index (Phi) is 5.62. The van der Waals surface area contributed by atoms with Gasteiger partial charge in [0.25, 0.3) is 0 Å². The minimum atomic E-state index is -4.44. The van der Waals surface area contributed by atoms with E-state index in [1.54, 1.807) is 27.7 Å². The van der Waals surface area contributed by atoms with E-state index in [9.17, 15) is 18.0 Å². The van der Waals surface area contributed by atoms with E-state index < -0.39 is 17.2 Å². The minimum Gasteiger partial charge on any atom is -0.396 e. The molecule has 1 aromatic carbocycles. The van der Waals surface area contributed by atoms with Gasteiger partial charge in [-0.25, -0.2) is 0 Å². The summed E-state index contributed by atoms with van der Waals surface area (Å²) in [5, 5.41) is 11.8. The van der Waals surface area contributed by atoms with Gasteiger partial charge in [-0.2, -0.15) is 13.2 Å². The molecule has 2 unspecified atom stereocenters. The van der Waals surface area contributed by atoms with Crippen molar-refractivity contribution in [2.24, 2.45) is 5.92 Å². The molecule has 22 heavy (non-hydrogen) atoms. The van der Waals surface area contributed by atoms with Crippen LogP contribution in [0.5, 0.6) is 0 Å². The molecule has 0 bridgehead atoms. The molecule has 0 radical (unpaired) electrons. The normalized spacial score (nSPS) is 15.3. The van der Waals surface area contributed by atoms with Gasteiger partial charge in [0.05, 0.1) is 11.0 Å². The van der Waals surface area contributed by atoms with Crippen molar-refractivity contribution >= 4 is 5.91 Å². The largest absolute Gasteiger partial charge is 0.416 e. The molecule has 3 nitrogen and oxygen atoms in total. The molecule has 1 aromatic rings. The van der Waals surface area contributed by atoms with Gasteiger partial charge in [-0.15, -0.1) is 0 Å². The molecular formula is C16H22F3NO2. The monoisotopic (exact) mass is 317 g/mol. The van der Waals surface area contributed by atoms with Gasteiger partial charge in [0.15, 0.2) is 0 Å². The number of benzene rings is 1. The lowest BCUT2D eigenvalue weighted by Crippen LogP contribution is -2.46. The maximum Gasteiger partial charge on any atom is 0.416 e. The van der Waals surface area contributed by atoms with E-state index in [1.165, 1.54) is 12.1 Å². The lowest BCUT2D eigenvalue weighted by Gasteiger charge is -2.28. The molecule has 0 saturated heterocycles. The summed E-state index contributed by atoms with van der Waals surface area (Å²) in [6.45, 7) is 6.61. The Bertz CT molecular complexity index is 526. The second-order valence-electron chi connectivity index (χ2n) is 6.13. The summed E-state index contributed by atoms with van der Waals surface area (Å²) < 4.78 is 38.4. The van der Waals surface area contributed by atoms with Crippen molar-refractivity contribution in [2.45, 2.75) is 45.3 Å². The summed E-state index contributed by atoms with van der Waals surface area (Å²) in [6.07, 6.45) is -4.44. The van der Waals surface area contributed by atoms with Crippen molar-refractivity contribution < 1.29 is 23.1 Å². The third-order valence-corrected chi connectivity index (χ3v) is 3.98. The van der Waals surface area contributed by atoms with Crippen molar-refractivity contribution in [3.63, 3.8) is 0 Å². The third kappa shape index (κ3) is 4.22. The van der Waals surface area contributed by atoms with Gasteiger partial charge in [-0.05, 0) is 38.3 Å². The Hall–Kier alpha value is -1.56. The van der Waals surface area contributed by atoms with Gasteiger partial charge >= 0.3 is 6.18 Å². The fraction of sp³-hybridized carbons (Fsp3) is 0.562. The Balaban J connectivity index is 3.01. The van der Waals surface area contributed by atoms with Gasteiger partial charge in [-0.1, -0.05) is 25.1 Å². The van der Waals surface area contributed by atoms with Gasteiger partial charge in [0.2, 0.25) is 5.91 Å². The number of rotatable bonds is 5. The van der Waals surface area contributed by atoms with Gasteiger partial charge in [-0.3, -0.25) is 4.79 Å². The molecule has 1 amide bonds. The first-order valence-corrected chi connectivity index (χ1v) is 7.09. The van der Waals surface area contributed by atoms with Gasteiger partial charge < -0.3 is 10.4 Å². The van der Waals surface area contributed by atoms with E-state index >= 15 is 0 Å². The fourth-order valence-electron chi connectivity index (χ4n) is 1.90. The number of aliphatic hydroxyl groups excluding tert-OH is 1. The van der Waals surface area contributed by atoms with Crippen LogP contribution in [-0.2, 0) is 16.4 Å². The highest BCUT2D eigenvalue weighted by atomic mass is 19.4. The standard InChI is InChI=1S/C16H22F3NO2/c1-10(9-21)11(2)20-14(22)15(3,4)12-6-5-7-13(8-12)16(17,18)19/h5-8,10-11,21H,9H2,1-4H3,(H,20,22). The molecule has 0 spiro atoms. The van der Waals surface area contributed by atoms with Crippen LogP contribution in [-0.4, -0.2) is 23.7 Å². The van der Waals surface area contributed by atoms with Crippen LogP contribution in [0.2, 0.25) is 0 Å². The number of amides is 1. The van der Waals surface area contributed by atoms with Crippen molar-refractivity contribution in [1.29, 1.82) is 0 Å². The highest BCUT2D eigenvalue weighted by Crippen LogP contribution is 2.33. The summed E-state index contributed by atoms with van der Waals surface area (Å²) in [4.78, 5) is 12.4. The second kappa shape index (κ2) is 6.69. The molecule has 1 rings (SSSR count). The summed E-state index contributed by atoms with van der Waals surface area (Å²) in [6, 6.07) is 4.51. The van der Waals surface area contributed by atoms with E-state index in [4.69, 9.17) is 5.11 Å². The fourth-order valence-corrected chi connectivity index (χ4v) is 1.90. The summed E-state index contributed by atoms with van der Waals surface area (Å²) in [5.74, 6) is -0.513. The number of hydrogen-bond donors (Lipinski definition) is 2. The molecule has 124 valence electrons. The molecule has 0 aliphatic carbocycles. The van der Waals surface area contributed by atoms with Crippen LogP contribution in [0.15, 0.2) is 24.3 Å². The lowest BCUT2D eigenvalue weighted by atomic mass is 9.82. The van der Waals surface area contributed by atoms with Gasteiger partial charge in [0.1, 0.15) is 0 Å². The van der Waals surface area contributed by atoms with Crippen molar-refractivity contribution in [3.8, 4) is 0 Å². The molecule has 0 aromatic heterocycles. The topological polar surface area (TPSA) is 49.3 Å². The van der Waals surface area contributed by atoms with Crippen LogP contribution >= 0.6 is 0 Å². The second-order valence-corrected chi connectivity index (χ2v) is 6.13. The molecule has 6 heteroatoms. The Labute approximate surface area is 128 Å². The molecule has 0 heterocycles. The van der Waals surface area contributed by atoms with Gasteiger partial charge in [0, 0.05) is 12.6 Å². The number of carbonyl (C=O) groups excluding carboxylic acids is 1. The quantitative estimate of drug-likeness (QED) is 0.876. The third-order valence-electron chi connectivity index (χ3n) is 3.98. The number of hydrogen-bond acceptors (Lipinski definition) is 2. The van der Waals surface area contributed by atoms with Crippen LogP contribution in [0.25, 0.3) is 0 Å². The molecule has 0 fully saturated rings. The summed E-state index contributed by atoms with van der Waals surface area (Å²) in [5.41, 5.74) is -1.59. The number of carbonyl (C=O) groups is 1. The van der Waals surface area contributed by atoms with Crippen molar-refractivity contribution in [2.75, 3.05) is 6.61 Å². The average Bonchev–Trinajstić information content (AvgIpc) is 2.45. The average molecular weight is 317 g/mol. The lowest BCUT2D eigenvalue weighted by molar-refractivity contribution is -0.138. The zero-order valence-corrected chi connectivity index (χ0v) is 13.2. The Morgan fingerprint density at radius 3 is 2.27 bits per heavy atom. The number of halogens is 3.